The van der Waals surface area contributed by atoms with E-state index in [1.54, 1.807) is 0 Å². The van der Waals surface area contributed by atoms with Gasteiger partial charge in [0.1, 0.15) is 0 Å². The Morgan fingerprint density at radius 2 is 2.00 bits per heavy atom. The van der Waals surface area contributed by atoms with Crippen molar-refractivity contribution in [3.05, 3.63) is 11.1 Å². The van der Waals surface area contributed by atoms with Gasteiger partial charge < -0.3 is 11.5 Å². The Morgan fingerprint density at radius 1 is 1.36 bits per heavy atom. The molecule has 0 amide bonds. The Kier molecular flexibility index (Phi) is 4.14. The maximum Gasteiger partial charge on any atom is 0.0257 e. The van der Waals surface area contributed by atoms with Gasteiger partial charge in [-0.1, -0.05) is 25.0 Å². The fraction of sp³-hybridized carbons (Fsp3) is 0.833. The second-order valence-electron chi connectivity index (χ2n) is 5.05. The lowest BCUT2D eigenvalue weighted by Crippen LogP contribution is -2.36. The number of hydrogen-bond acceptors (Lipinski definition) is 2. The van der Waals surface area contributed by atoms with Gasteiger partial charge >= 0.3 is 0 Å². The highest BCUT2D eigenvalue weighted by atomic mass is 14.7. The van der Waals surface area contributed by atoms with Crippen molar-refractivity contribution in [3.8, 4) is 0 Å². The van der Waals surface area contributed by atoms with Crippen LogP contribution >= 0.6 is 0 Å². The zero-order chi connectivity index (χ0) is 10.7. The van der Waals surface area contributed by atoms with Crippen molar-refractivity contribution in [1.82, 2.24) is 0 Å². The Morgan fingerprint density at radius 3 is 2.57 bits per heavy atom. The van der Waals surface area contributed by atoms with E-state index in [-0.39, 0.29) is 6.04 Å². The molecule has 1 aliphatic carbocycles. The molecule has 2 nitrogen and oxygen atoms in total. The van der Waals surface area contributed by atoms with Crippen LogP contribution in [0.5, 0.6) is 0 Å². The average Bonchev–Trinajstić information content (AvgIpc) is 2.08. The first-order valence-electron chi connectivity index (χ1n) is 5.70. The third-order valence-corrected chi connectivity index (χ3v) is 3.04. The molecular weight excluding hydrogens is 172 g/mol. The van der Waals surface area contributed by atoms with E-state index in [1.165, 1.54) is 11.1 Å². The van der Waals surface area contributed by atoms with Crippen LogP contribution in [-0.4, -0.2) is 12.1 Å². The maximum atomic E-state index is 6.10. The van der Waals surface area contributed by atoms with Crippen molar-refractivity contribution >= 4 is 0 Å². The number of nitrogens with two attached hydrogens (primary N) is 2. The molecule has 1 saturated carbocycles. The Hall–Kier alpha value is -0.340. The van der Waals surface area contributed by atoms with Gasteiger partial charge in [-0.05, 0) is 38.5 Å². The zero-order valence-corrected chi connectivity index (χ0v) is 9.72. The van der Waals surface area contributed by atoms with E-state index in [9.17, 15) is 0 Å². The molecule has 0 aromatic carbocycles. The molecule has 1 aliphatic rings. The van der Waals surface area contributed by atoms with Gasteiger partial charge in [0.2, 0.25) is 0 Å². The first-order valence-corrected chi connectivity index (χ1v) is 5.70. The first kappa shape index (κ1) is 11.7. The third-order valence-electron chi connectivity index (χ3n) is 3.04. The lowest BCUT2D eigenvalue weighted by atomic mass is 9.83. The van der Waals surface area contributed by atoms with Crippen LogP contribution in [0.25, 0.3) is 0 Å². The van der Waals surface area contributed by atoms with Crippen molar-refractivity contribution in [1.29, 1.82) is 0 Å². The Bertz CT molecular complexity index is 218. The predicted molar refractivity (Wildman–Crippen MR) is 62.0 cm³/mol. The normalized spacial score (nSPS) is 32.1. The minimum atomic E-state index is 0.272. The zero-order valence-electron chi connectivity index (χ0n) is 9.72. The molecule has 0 aromatic heterocycles. The molecule has 0 spiro atoms. The van der Waals surface area contributed by atoms with E-state index < -0.39 is 0 Å². The fourth-order valence-corrected chi connectivity index (χ4v) is 2.34. The SMILES string of the molecule is CC(CC(C)C)=C1CC(N)CCC1N. The van der Waals surface area contributed by atoms with Crippen LogP contribution in [0.4, 0.5) is 0 Å². The van der Waals surface area contributed by atoms with Crippen molar-refractivity contribution in [3.63, 3.8) is 0 Å². The summed E-state index contributed by atoms with van der Waals surface area (Å²) >= 11 is 0. The van der Waals surface area contributed by atoms with Gasteiger partial charge in [0.05, 0.1) is 0 Å². The Labute approximate surface area is 87.7 Å². The smallest absolute Gasteiger partial charge is 0.0257 e. The molecule has 4 N–H and O–H groups in total. The molecule has 2 heteroatoms. The summed E-state index contributed by atoms with van der Waals surface area (Å²) < 4.78 is 0. The van der Waals surface area contributed by atoms with Crippen LogP contribution < -0.4 is 11.5 Å². The van der Waals surface area contributed by atoms with E-state index in [2.05, 4.69) is 20.8 Å². The molecule has 0 radical (unpaired) electrons. The summed E-state index contributed by atoms with van der Waals surface area (Å²) in [6, 6.07) is 0.612. The van der Waals surface area contributed by atoms with Gasteiger partial charge in [0.25, 0.3) is 0 Å². The van der Waals surface area contributed by atoms with E-state index in [4.69, 9.17) is 11.5 Å². The number of allylic oxidation sites excluding steroid dienone is 1. The Balaban J connectivity index is 2.70. The molecule has 2 atom stereocenters. The van der Waals surface area contributed by atoms with Gasteiger partial charge in [-0.15, -0.1) is 0 Å². The van der Waals surface area contributed by atoms with E-state index in [0.717, 1.165) is 25.7 Å². The van der Waals surface area contributed by atoms with Crippen LogP contribution in [-0.2, 0) is 0 Å². The van der Waals surface area contributed by atoms with E-state index >= 15 is 0 Å². The van der Waals surface area contributed by atoms with Crippen LogP contribution in [0, 0.1) is 5.92 Å². The summed E-state index contributed by atoms with van der Waals surface area (Å²) in [6.07, 6.45) is 4.32. The highest BCUT2D eigenvalue weighted by molar-refractivity contribution is 5.21. The molecule has 14 heavy (non-hydrogen) atoms. The molecule has 0 bridgehead atoms. The lowest BCUT2D eigenvalue weighted by Gasteiger charge is -2.29. The molecule has 0 saturated heterocycles. The summed E-state index contributed by atoms with van der Waals surface area (Å²) in [4.78, 5) is 0. The van der Waals surface area contributed by atoms with Gasteiger partial charge in [0.15, 0.2) is 0 Å². The minimum Gasteiger partial charge on any atom is -0.327 e. The molecule has 1 rings (SSSR count). The molecule has 0 heterocycles. The summed E-state index contributed by atoms with van der Waals surface area (Å²) in [6.45, 7) is 6.71. The van der Waals surface area contributed by atoms with Gasteiger partial charge in [-0.25, -0.2) is 0 Å². The average molecular weight is 196 g/mol. The lowest BCUT2D eigenvalue weighted by molar-refractivity contribution is 0.466. The van der Waals surface area contributed by atoms with Crippen LogP contribution in [0.2, 0.25) is 0 Å². The number of hydrogen-bond donors (Lipinski definition) is 2. The maximum absolute atomic E-state index is 6.10. The summed E-state index contributed by atoms with van der Waals surface area (Å²) in [5.41, 5.74) is 15.0. The third kappa shape index (κ3) is 3.10. The van der Waals surface area contributed by atoms with Gasteiger partial charge in [-0.2, -0.15) is 0 Å². The van der Waals surface area contributed by atoms with Crippen LogP contribution in [0.15, 0.2) is 11.1 Å². The largest absolute Gasteiger partial charge is 0.327 e. The molecule has 0 aliphatic heterocycles. The summed E-state index contributed by atoms with van der Waals surface area (Å²) in [5, 5.41) is 0. The fourth-order valence-electron chi connectivity index (χ4n) is 2.34. The minimum absolute atomic E-state index is 0.272. The van der Waals surface area contributed by atoms with Crippen LogP contribution in [0.3, 0.4) is 0 Å². The second-order valence-corrected chi connectivity index (χ2v) is 5.05. The quantitative estimate of drug-likeness (QED) is 0.665. The molecule has 1 fully saturated rings. The second kappa shape index (κ2) is 4.94. The van der Waals surface area contributed by atoms with Gasteiger partial charge in [0, 0.05) is 12.1 Å². The van der Waals surface area contributed by atoms with E-state index in [1.807, 2.05) is 0 Å². The predicted octanol–water partition coefficient (Wildman–Crippen LogP) is 2.19. The van der Waals surface area contributed by atoms with Crippen molar-refractivity contribution in [2.75, 3.05) is 0 Å². The monoisotopic (exact) mass is 196 g/mol. The topological polar surface area (TPSA) is 52.0 Å². The first-order chi connectivity index (χ1) is 6.50. The standard InChI is InChI=1S/C12H24N2/c1-8(2)6-9(3)11-7-10(13)4-5-12(11)14/h8,10,12H,4-7,13-14H2,1-3H3. The van der Waals surface area contributed by atoms with E-state index in [0.29, 0.717) is 12.0 Å². The summed E-state index contributed by atoms with van der Waals surface area (Å²) in [5.74, 6) is 0.716. The highest BCUT2D eigenvalue weighted by Gasteiger charge is 2.21. The molecular formula is C12H24N2. The number of rotatable bonds is 2. The van der Waals surface area contributed by atoms with Crippen molar-refractivity contribution in [2.45, 2.75) is 58.5 Å². The van der Waals surface area contributed by atoms with Gasteiger partial charge in [-0.3, -0.25) is 0 Å². The molecule has 82 valence electrons. The van der Waals surface area contributed by atoms with Crippen LogP contribution in [0.1, 0.15) is 46.5 Å². The van der Waals surface area contributed by atoms with Crippen molar-refractivity contribution < 1.29 is 0 Å². The summed E-state index contributed by atoms with van der Waals surface area (Å²) in [7, 11) is 0. The highest BCUT2D eigenvalue weighted by Crippen LogP contribution is 2.27. The molecule has 2 unspecified atom stereocenters. The van der Waals surface area contributed by atoms with Crippen molar-refractivity contribution in [2.24, 2.45) is 17.4 Å². The molecule has 0 aromatic rings.